The topological polar surface area (TPSA) is 197 Å². The first kappa shape index (κ1) is 37.7. The summed E-state index contributed by atoms with van der Waals surface area (Å²) in [4.78, 5) is 0. The highest BCUT2D eigenvalue weighted by molar-refractivity contribution is 5.70. The normalized spacial score (nSPS) is 32.4. The molecule has 2 aliphatic rings. The molecule has 270 valence electrons. The molecule has 0 radical (unpaired) electrons. The molecule has 2 aromatic carbocycles. The van der Waals surface area contributed by atoms with E-state index in [2.05, 4.69) is 9.47 Å². The molecule has 2 aromatic rings. The first-order valence-corrected chi connectivity index (χ1v) is 14.2. The highest BCUT2D eigenvalue weighted by Crippen LogP contribution is 2.44. The summed E-state index contributed by atoms with van der Waals surface area (Å²) >= 11 is 0. The Balaban J connectivity index is 1.71. The van der Waals surface area contributed by atoms with E-state index in [-0.39, 0.29) is 11.1 Å². The molecule has 0 aliphatic carbocycles. The molecule has 2 aliphatic heterocycles. The van der Waals surface area contributed by atoms with Gasteiger partial charge in [0, 0.05) is 0 Å². The van der Waals surface area contributed by atoms with E-state index >= 15 is 0 Å². The third-order valence-electron chi connectivity index (χ3n) is 7.95. The minimum Gasteiger partial charge on any atom is -0.460 e. The number of hydrogen-bond acceptors (Lipinski definition) is 13. The van der Waals surface area contributed by atoms with Crippen LogP contribution in [-0.4, -0.2) is 116 Å². The molecule has 48 heavy (non-hydrogen) atoms. The van der Waals surface area contributed by atoms with E-state index < -0.39 is 109 Å². The van der Waals surface area contributed by atoms with Crippen LogP contribution in [-0.2, 0) is 9.47 Å². The number of alkyl halides is 6. The van der Waals surface area contributed by atoms with Crippen LogP contribution in [0.5, 0.6) is 23.0 Å². The van der Waals surface area contributed by atoms with Crippen molar-refractivity contribution in [3.8, 4) is 34.1 Å². The van der Waals surface area contributed by atoms with Crippen molar-refractivity contribution in [2.24, 2.45) is 5.41 Å². The van der Waals surface area contributed by atoms with E-state index in [1.165, 1.54) is 13.8 Å². The maximum absolute atomic E-state index is 13.5. The van der Waals surface area contributed by atoms with Crippen LogP contribution in [0, 0.1) is 5.41 Å². The third kappa shape index (κ3) is 8.01. The van der Waals surface area contributed by atoms with Crippen LogP contribution in [0.4, 0.5) is 26.3 Å². The molecule has 2 heterocycles. The number of halogens is 6. The van der Waals surface area contributed by atoms with Crippen LogP contribution in [0.25, 0.3) is 11.1 Å². The van der Waals surface area contributed by atoms with Gasteiger partial charge in [-0.05, 0) is 42.3 Å². The Morgan fingerprint density at radius 1 is 0.646 bits per heavy atom. The molecular formula is C29H34F6O13. The molecule has 2 fully saturated rings. The van der Waals surface area contributed by atoms with Gasteiger partial charge in [-0.1, -0.05) is 26.0 Å². The van der Waals surface area contributed by atoms with Gasteiger partial charge in [-0.2, -0.15) is 0 Å². The smallest absolute Gasteiger partial charge is 0.460 e. The van der Waals surface area contributed by atoms with Gasteiger partial charge in [0.1, 0.15) is 30.5 Å². The zero-order valence-corrected chi connectivity index (χ0v) is 25.3. The Hall–Kier alpha value is -3.14. The Morgan fingerprint density at radius 3 is 1.46 bits per heavy atom. The Bertz CT molecular complexity index is 1310. The van der Waals surface area contributed by atoms with E-state index in [9.17, 15) is 62.1 Å². The van der Waals surface area contributed by atoms with Crippen molar-refractivity contribution in [1.82, 2.24) is 0 Å². The lowest BCUT2D eigenvalue weighted by molar-refractivity contribution is -0.316. The number of benzene rings is 2. The van der Waals surface area contributed by atoms with Gasteiger partial charge in [0.2, 0.25) is 12.6 Å². The average molecular weight is 705 g/mol. The van der Waals surface area contributed by atoms with Gasteiger partial charge in [0.05, 0.1) is 24.7 Å². The molecule has 0 spiro atoms. The predicted molar refractivity (Wildman–Crippen MR) is 146 cm³/mol. The van der Waals surface area contributed by atoms with E-state index in [0.717, 1.165) is 43.3 Å². The fourth-order valence-corrected chi connectivity index (χ4v) is 5.10. The van der Waals surface area contributed by atoms with Crippen LogP contribution in [0.1, 0.15) is 20.8 Å². The molecule has 9 atom stereocenters. The lowest BCUT2D eigenvalue weighted by Gasteiger charge is -2.47. The molecule has 7 N–H and O–H groups in total. The highest BCUT2D eigenvalue weighted by atomic mass is 19.4. The maximum Gasteiger partial charge on any atom is 0.573 e. The molecule has 0 aromatic heterocycles. The number of ether oxygens (including phenoxy) is 6. The van der Waals surface area contributed by atoms with Crippen molar-refractivity contribution < 1.29 is 90.5 Å². The zero-order chi connectivity index (χ0) is 36.0. The molecular weight excluding hydrogens is 670 g/mol. The van der Waals surface area contributed by atoms with Crippen molar-refractivity contribution in [3.63, 3.8) is 0 Å². The second-order valence-corrected chi connectivity index (χ2v) is 12.0. The molecule has 0 unspecified atom stereocenters. The van der Waals surface area contributed by atoms with Gasteiger partial charge in [-0.25, -0.2) is 0 Å². The van der Waals surface area contributed by atoms with Crippen molar-refractivity contribution in [2.75, 3.05) is 13.2 Å². The molecule has 0 bridgehead atoms. The lowest BCUT2D eigenvalue weighted by Crippen LogP contribution is -2.66. The summed E-state index contributed by atoms with van der Waals surface area (Å²) in [6.07, 6.45) is -23.8. The number of hydrogen-bond donors (Lipinski definition) is 7. The number of aliphatic hydroxyl groups is 7. The minimum absolute atomic E-state index is 0.160. The highest BCUT2D eigenvalue weighted by Gasteiger charge is 2.54. The van der Waals surface area contributed by atoms with Crippen molar-refractivity contribution in [2.45, 2.75) is 88.3 Å². The molecule has 0 saturated carbocycles. The van der Waals surface area contributed by atoms with Crippen molar-refractivity contribution in [1.29, 1.82) is 0 Å². The van der Waals surface area contributed by atoms with E-state index in [1.807, 2.05) is 0 Å². The summed E-state index contributed by atoms with van der Waals surface area (Å²) in [5.74, 6) is -3.34. The van der Waals surface area contributed by atoms with Gasteiger partial charge in [-0.3, -0.25) is 0 Å². The monoisotopic (exact) mass is 704 g/mol. The first-order chi connectivity index (χ1) is 22.1. The molecule has 2 saturated heterocycles. The van der Waals surface area contributed by atoms with Crippen LogP contribution in [0.15, 0.2) is 36.4 Å². The standard InChI is InChI=1S/C29H34F6O13/c1-26(2)22(40)20(38)18(10-36)45-24(26)43-14-6-4-12(8-16(14)47-28(30,31)32)13-5-7-15(17(9-13)48-29(33,34)35)44-25-27(3,42)23(41)21(39)19(11-37)46-25/h4-9,18-25,36-42H,10-11H2,1-3H3/t18-,19-,20-,21-,22+,23+,24+,25+,27+/m1/s1. The molecule has 4 rings (SSSR count). The summed E-state index contributed by atoms with van der Waals surface area (Å²) in [6.45, 7) is 2.09. The third-order valence-corrected chi connectivity index (χ3v) is 7.95. The lowest BCUT2D eigenvalue weighted by atomic mass is 9.79. The summed E-state index contributed by atoms with van der Waals surface area (Å²) < 4.78 is 111. The zero-order valence-electron chi connectivity index (χ0n) is 25.3. The second kappa shape index (κ2) is 13.6. The Labute approximate surface area is 268 Å². The minimum atomic E-state index is -5.32. The molecule has 19 heteroatoms. The Morgan fingerprint density at radius 2 is 1.04 bits per heavy atom. The summed E-state index contributed by atoms with van der Waals surface area (Å²) in [7, 11) is 0. The van der Waals surface area contributed by atoms with E-state index in [4.69, 9.17) is 18.9 Å². The fourth-order valence-electron chi connectivity index (χ4n) is 5.10. The van der Waals surface area contributed by atoms with Gasteiger partial charge in [0.15, 0.2) is 28.6 Å². The molecule has 13 nitrogen and oxygen atoms in total. The van der Waals surface area contributed by atoms with E-state index in [0.29, 0.717) is 0 Å². The Kier molecular flexibility index (Phi) is 10.7. The average Bonchev–Trinajstić information content (AvgIpc) is 2.98. The van der Waals surface area contributed by atoms with Crippen molar-refractivity contribution in [3.05, 3.63) is 36.4 Å². The van der Waals surface area contributed by atoms with Crippen LogP contribution in [0.2, 0.25) is 0 Å². The SMILES string of the molecule is CC1(C)[C@@H](Oc2ccc(-c3ccc(O[C@H]4O[C@H](CO)[C@@H](O)[C@H](O)[C@]4(C)O)c(OC(F)(F)F)c3)cc2OC(F)(F)F)O[C@H](CO)[C@@H](O)[C@@H]1O. The van der Waals surface area contributed by atoms with Gasteiger partial charge < -0.3 is 64.2 Å². The van der Waals surface area contributed by atoms with Crippen LogP contribution < -0.4 is 18.9 Å². The maximum atomic E-state index is 13.5. The van der Waals surface area contributed by atoms with Crippen LogP contribution >= 0.6 is 0 Å². The molecule has 0 amide bonds. The van der Waals surface area contributed by atoms with Crippen LogP contribution in [0.3, 0.4) is 0 Å². The summed E-state index contributed by atoms with van der Waals surface area (Å²) in [6, 6.07) is 5.64. The summed E-state index contributed by atoms with van der Waals surface area (Å²) in [5.41, 5.74) is -4.18. The predicted octanol–water partition coefficient (Wildman–Crippen LogP) is 1.56. The fraction of sp³-hybridized carbons (Fsp3) is 0.586. The van der Waals surface area contributed by atoms with E-state index in [1.54, 1.807) is 0 Å². The largest absolute Gasteiger partial charge is 0.573 e. The van der Waals surface area contributed by atoms with Gasteiger partial charge in [-0.15, -0.1) is 26.3 Å². The second-order valence-electron chi connectivity index (χ2n) is 12.0. The summed E-state index contributed by atoms with van der Waals surface area (Å²) in [5, 5.41) is 70.7. The van der Waals surface area contributed by atoms with Gasteiger partial charge >= 0.3 is 12.7 Å². The van der Waals surface area contributed by atoms with Crippen molar-refractivity contribution >= 4 is 0 Å². The number of rotatable bonds is 9. The quantitative estimate of drug-likeness (QED) is 0.186. The van der Waals surface area contributed by atoms with Gasteiger partial charge in [0.25, 0.3) is 0 Å². The first-order valence-electron chi connectivity index (χ1n) is 14.2. The number of aliphatic hydroxyl groups excluding tert-OH is 6.